The third-order valence-electron chi connectivity index (χ3n) is 2.11. The maximum atomic E-state index is 5.21. The van der Waals surface area contributed by atoms with Crippen LogP contribution in [0.15, 0.2) is 31.7 Å². The Labute approximate surface area is 116 Å². The number of halogens is 2. The van der Waals surface area contributed by atoms with Gasteiger partial charge in [-0.25, -0.2) is 0 Å². The molecule has 0 fully saturated rings. The van der Waals surface area contributed by atoms with Crippen molar-refractivity contribution in [2.24, 2.45) is 0 Å². The second-order valence-electron chi connectivity index (χ2n) is 3.45. The van der Waals surface area contributed by atoms with Gasteiger partial charge in [-0.1, -0.05) is 43.9 Å². The molecular weight excluding hydrogens is 350 g/mol. The summed E-state index contributed by atoms with van der Waals surface area (Å²) in [5.74, 6) is 1.19. The van der Waals surface area contributed by atoms with E-state index in [2.05, 4.69) is 47.3 Å². The van der Waals surface area contributed by atoms with Crippen molar-refractivity contribution in [2.45, 2.75) is 13.5 Å². The molecule has 1 heterocycles. The van der Waals surface area contributed by atoms with Crippen LogP contribution in [0.2, 0.25) is 0 Å². The SMILES string of the molecule is CCNCc1noc(-c2cc(Br)cc(Br)c2)n1. The Morgan fingerprint density at radius 1 is 1.24 bits per heavy atom. The minimum atomic E-state index is 0.528. The van der Waals surface area contributed by atoms with Crippen LogP contribution in [-0.2, 0) is 6.54 Å². The van der Waals surface area contributed by atoms with Gasteiger partial charge in [0.05, 0.1) is 6.54 Å². The molecule has 0 aliphatic rings. The van der Waals surface area contributed by atoms with Crippen LogP contribution in [0.5, 0.6) is 0 Å². The summed E-state index contributed by atoms with van der Waals surface area (Å²) in [6, 6.07) is 5.84. The largest absolute Gasteiger partial charge is 0.334 e. The number of aromatic nitrogens is 2. The first-order valence-corrected chi connectivity index (χ1v) is 6.77. The van der Waals surface area contributed by atoms with Gasteiger partial charge >= 0.3 is 0 Å². The van der Waals surface area contributed by atoms with Gasteiger partial charge in [-0.05, 0) is 24.7 Å². The fraction of sp³-hybridized carbons (Fsp3) is 0.273. The number of rotatable bonds is 4. The van der Waals surface area contributed by atoms with E-state index in [0.717, 1.165) is 21.1 Å². The number of nitrogens with one attached hydrogen (secondary N) is 1. The highest BCUT2D eigenvalue weighted by Crippen LogP contribution is 2.26. The van der Waals surface area contributed by atoms with Gasteiger partial charge in [-0.2, -0.15) is 4.98 Å². The molecule has 0 unspecified atom stereocenters. The van der Waals surface area contributed by atoms with E-state index in [0.29, 0.717) is 18.3 Å². The van der Waals surface area contributed by atoms with E-state index in [1.54, 1.807) is 0 Å². The number of benzene rings is 1. The molecule has 2 rings (SSSR count). The van der Waals surface area contributed by atoms with Gasteiger partial charge in [0.25, 0.3) is 5.89 Å². The maximum Gasteiger partial charge on any atom is 0.258 e. The highest BCUT2D eigenvalue weighted by Gasteiger charge is 2.09. The number of nitrogens with zero attached hydrogens (tertiary/aromatic N) is 2. The molecule has 2 aromatic rings. The molecule has 0 spiro atoms. The van der Waals surface area contributed by atoms with Gasteiger partial charge in [-0.15, -0.1) is 0 Å². The average Bonchev–Trinajstić information content (AvgIpc) is 2.73. The van der Waals surface area contributed by atoms with Gasteiger partial charge in [0, 0.05) is 14.5 Å². The first-order chi connectivity index (χ1) is 8.19. The molecule has 0 saturated heterocycles. The summed E-state index contributed by atoms with van der Waals surface area (Å²) in [7, 11) is 0. The van der Waals surface area contributed by atoms with Crippen molar-refractivity contribution in [1.82, 2.24) is 15.5 Å². The minimum absolute atomic E-state index is 0.528. The normalized spacial score (nSPS) is 10.8. The predicted molar refractivity (Wildman–Crippen MR) is 72.5 cm³/mol. The van der Waals surface area contributed by atoms with Crippen LogP contribution in [0.1, 0.15) is 12.7 Å². The third-order valence-corrected chi connectivity index (χ3v) is 3.03. The molecule has 0 saturated carbocycles. The van der Waals surface area contributed by atoms with Crippen molar-refractivity contribution >= 4 is 31.9 Å². The summed E-state index contributed by atoms with van der Waals surface area (Å²) < 4.78 is 7.15. The Morgan fingerprint density at radius 2 is 1.94 bits per heavy atom. The van der Waals surface area contributed by atoms with Crippen LogP contribution < -0.4 is 5.32 Å². The van der Waals surface area contributed by atoms with Crippen LogP contribution in [0, 0.1) is 0 Å². The monoisotopic (exact) mass is 359 g/mol. The van der Waals surface area contributed by atoms with E-state index < -0.39 is 0 Å². The molecule has 1 aromatic heterocycles. The van der Waals surface area contributed by atoms with Gasteiger partial charge in [0.1, 0.15) is 0 Å². The topological polar surface area (TPSA) is 51.0 Å². The lowest BCUT2D eigenvalue weighted by molar-refractivity contribution is 0.420. The van der Waals surface area contributed by atoms with E-state index in [-0.39, 0.29) is 0 Å². The molecule has 0 atom stereocenters. The first-order valence-electron chi connectivity index (χ1n) is 5.19. The Morgan fingerprint density at radius 3 is 2.59 bits per heavy atom. The summed E-state index contributed by atoms with van der Waals surface area (Å²) in [5.41, 5.74) is 0.890. The van der Waals surface area contributed by atoms with Crippen LogP contribution in [0.3, 0.4) is 0 Å². The number of hydrogen-bond acceptors (Lipinski definition) is 4. The molecule has 0 amide bonds. The van der Waals surface area contributed by atoms with Gasteiger partial charge < -0.3 is 9.84 Å². The summed E-state index contributed by atoms with van der Waals surface area (Å²) >= 11 is 6.85. The Hall–Kier alpha value is -0.720. The molecule has 0 aliphatic carbocycles. The Balaban J connectivity index is 2.24. The zero-order chi connectivity index (χ0) is 12.3. The smallest absolute Gasteiger partial charge is 0.258 e. The molecule has 90 valence electrons. The molecule has 0 aliphatic heterocycles. The zero-order valence-corrected chi connectivity index (χ0v) is 12.4. The third kappa shape index (κ3) is 3.37. The van der Waals surface area contributed by atoms with E-state index in [1.807, 2.05) is 25.1 Å². The van der Waals surface area contributed by atoms with Gasteiger partial charge in [0.15, 0.2) is 5.82 Å². The van der Waals surface area contributed by atoms with Crippen LogP contribution in [0.4, 0.5) is 0 Å². The lowest BCUT2D eigenvalue weighted by Gasteiger charge is -1.97. The van der Waals surface area contributed by atoms with Gasteiger partial charge in [0.2, 0.25) is 0 Å². The second kappa shape index (κ2) is 5.75. The maximum absolute atomic E-state index is 5.21. The standard InChI is InChI=1S/C11H11Br2N3O/c1-2-14-6-10-15-11(17-16-10)7-3-8(12)5-9(13)4-7/h3-5,14H,2,6H2,1H3. The summed E-state index contributed by atoms with van der Waals surface area (Å²) in [5, 5.41) is 7.06. The summed E-state index contributed by atoms with van der Waals surface area (Å²) in [6.45, 7) is 3.54. The molecule has 0 radical (unpaired) electrons. The van der Waals surface area contributed by atoms with E-state index in [9.17, 15) is 0 Å². The van der Waals surface area contributed by atoms with Crippen LogP contribution >= 0.6 is 31.9 Å². The molecular formula is C11H11Br2N3O. The Kier molecular flexibility index (Phi) is 4.31. The first kappa shape index (κ1) is 12.7. The van der Waals surface area contributed by atoms with Crippen LogP contribution in [0.25, 0.3) is 11.5 Å². The molecule has 1 N–H and O–H groups in total. The predicted octanol–water partition coefficient (Wildman–Crippen LogP) is 3.37. The second-order valence-corrected chi connectivity index (χ2v) is 5.29. The Bertz CT molecular complexity index is 493. The lowest BCUT2D eigenvalue weighted by Crippen LogP contribution is -2.12. The van der Waals surface area contributed by atoms with E-state index in [4.69, 9.17) is 4.52 Å². The van der Waals surface area contributed by atoms with Crippen molar-refractivity contribution < 1.29 is 4.52 Å². The molecule has 0 bridgehead atoms. The van der Waals surface area contributed by atoms with E-state index >= 15 is 0 Å². The van der Waals surface area contributed by atoms with Crippen molar-refractivity contribution in [2.75, 3.05) is 6.54 Å². The quantitative estimate of drug-likeness (QED) is 0.908. The van der Waals surface area contributed by atoms with Gasteiger partial charge in [-0.3, -0.25) is 0 Å². The number of hydrogen-bond donors (Lipinski definition) is 1. The molecule has 1 aromatic carbocycles. The fourth-order valence-electron chi connectivity index (χ4n) is 1.36. The summed E-state index contributed by atoms with van der Waals surface area (Å²) in [6.07, 6.45) is 0. The summed E-state index contributed by atoms with van der Waals surface area (Å²) in [4.78, 5) is 4.32. The van der Waals surface area contributed by atoms with Crippen molar-refractivity contribution in [1.29, 1.82) is 0 Å². The highest BCUT2D eigenvalue weighted by molar-refractivity contribution is 9.11. The highest BCUT2D eigenvalue weighted by atomic mass is 79.9. The molecule has 4 nitrogen and oxygen atoms in total. The van der Waals surface area contributed by atoms with Crippen LogP contribution in [-0.4, -0.2) is 16.7 Å². The lowest BCUT2D eigenvalue weighted by atomic mass is 10.2. The van der Waals surface area contributed by atoms with Crippen molar-refractivity contribution in [3.8, 4) is 11.5 Å². The zero-order valence-electron chi connectivity index (χ0n) is 9.20. The van der Waals surface area contributed by atoms with Crippen molar-refractivity contribution in [3.05, 3.63) is 33.0 Å². The molecule has 17 heavy (non-hydrogen) atoms. The molecule has 6 heteroatoms. The fourth-order valence-corrected chi connectivity index (χ4v) is 2.65. The van der Waals surface area contributed by atoms with E-state index in [1.165, 1.54) is 0 Å². The van der Waals surface area contributed by atoms with Crippen molar-refractivity contribution in [3.63, 3.8) is 0 Å². The minimum Gasteiger partial charge on any atom is -0.334 e. The average molecular weight is 361 g/mol.